The van der Waals surface area contributed by atoms with E-state index in [0.29, 0.717) is 0 Å². The maximum Gasteiger partial charge on any atom is 0.352 e. The molecule has 0 saturated heterocycles. The second-order valence-corrected chi connectivity index (χ2v) is 7.61. The van der Waals surface area contributed by atoms with Gasteiger partial charge in [-0.05, 0) is 42.8 Å². The van der Waals surface area contributed by atoms with E-state index in [0.717, 1.165) is 26.9 Å². The molecule has 0 spiro atoms. The van der Waals surface area contributed by atoms with Crippen molar-refractivity contribution in [3.8, 4) is 5.69 Å². The predicted octanol–water partition coefficient (Wildman–Crippen LogP) is 3.21. The molecule has 4 aromatic rings. The molecule has 0 radical (unpaired) electrons. The van der Waals surface area contributed by atoms with Gasteiger partial charge in [0.25, 0.3) is 11.5 Å². The molecule has 1 N–H and O–H groups in total. The Labute approximate surface area is 192 Å². The van der Waals surface area contributed by atoms with Crippen LogP contribution < -0.4 is 16.6 Å². The van der Waals surface area contributed by atoms with Gasteiger partial charge < -0.3 is 5.32 Å². The van der Waals surface area contributed by atoms with Crippen LogP contribution in [0.5, 0.6) is 0 Å². The van der Waals surface area contributed by atoms with Crippen LogP contribution in [0.1, 0.15) is 34.6 Å². The number of hydrogen-bond acceptors (Lipinski definition) is 4. The third kappa shape index (κ3) is 4.68. The average molecular weight is 462 g/mol. The summed E-state index contributed by atoms with van der Waals surface area (Å²) in [5.74, 6) is -1.95. The van der Waals surface area contributed by atoms with Gasteiger partial charge in [0.2, 0.25) is 5.69 Å². The van der Waals surface area contributed by atoms with Crippen molar-refractivity contribution in [1.82, 2.24) is 19.7 Å². The molecule has 3 aromatic carbocycles. The normalized spacial score (nSPS) is 11.7. The van der Waals surface area contributed by atoms with Crippen molar-refractivity contribution in [3.05, 3.63) is 128 Å². The van der Waals surface area contributed by atoms with Crippen LogP contribution in [0.25, 0.3) is 5.69 Å². The Hall–Kier alpha value is -4.40. The van der Waals surface area contributed by atoms with Gasteiger partial charge in [-0.15, -0.1) is 0 Å². The van der Waals surface area contributed by atoms with Crippen molar-refractivity contribution < 1.29 is 13.6 Å². The molecule has 4 rings (SSSR count). The Balaban J connectivity index is 1.82. The zero-order chi connectivity index (χ0) is 24.2. The van der Waals surface area contributed by atoms with Crippen molar-refractivity contribution in [2.75, 3.05) is 0 Å². The number of amides is 1. The quantitative estimate of drug-likeness (QED) is 0.477. The van der Waals surface area contributed by atoms with E-state index in [9.17, 15) is 23.2 Å². The largest absolute Gasteiger partial charge is 0.352 e. The Morgan fingerprint density at radius 1 is 0.941 bits per heavy atom. The van der Waals surface area contributed by atoms with Crippen molar-refractivity contribution >= 4 is 5.91 Å². The fourth-order valence-electron chi connectivity index (χ4n) is 3.43. The minimum Gasteiger partial charge on any atom is -0.344 e. The van der Waals surface area contributed by atoms with Crippen LogP contribution in [0.2, 0.25) is 0 Å². The number of nitrogens with one attached hydrogen (secondary N) is 1. The number of nitrogens with zero attached hydrogens (tertiary/aromatic N) is 3. The summed E-state index contributed by atoms with van der Waals surface area (Å²) in [6.45, 7) is 1.32. The maximum atomic E-state index is 14.3. The summed E-state index contributed by atoms with van der Waals surface area (Å²) >= 11 is 0. The lowest BCUT2D eigenvalue weighted by atomic mass is 10.1. The zero-order valence-corrected chi connectivity index (χ0v) is 18.1. The summed E-state index contributed by atoms with van der Waals surface area (Å²) in [4.78, 5) is 39.3. The first-order chi connectivity index (χ1) is 16.3. The van der Waals surface area contributed by atoms with E-state index in [2.05, 4.69) is 10.4 Å². The van der Waals surface area contributed by atoms with Crippen LogP contribution in [0.4, 0.5) is 8.78 Å². The van der Waals surface area contributed by atoms with E-state index in [1.807, 2.05) is 30.3 Å². The molecule has 1 atom stereocenters. The Bertz CT molecular complexity index is 1450. The topological polar surface area (TPSA) is 86.0 Å². The lowest BCUT2D eigenvalue weighted by Crippen LogP contribution is -2.46. The summed E-state index contributed by atoms with van der Waals surface area (Å²) in [5.41, 5.74) is -1.39. The van der Waals surface area contributed by atoms with Crippen LogP contribution in [0.15, 0.2) is 88.5 Å². The molecule has 0 bridgehead atoms. The van der Waals surface area contributed by atoms with Gasteiger partial charge in [0.05, 0.1) is 18.3 Å². The summed E-state index contributed by atoms with van der Waals surface area (Å²) in [7, 11) is 0. The molecule has 0 aliphatic rings. The monoisotopic (exact) mass is 462 g/mol. The fourth-order valence-corrected chi connectivity index (χ4v) is 3.43. The van der Waals surface area contributed by atoms with E-state index in [-0.39, 0.29) is 11.3 Å². The van der Waals surface area contributed by atoms with Gasteiger partial charge in [-0.2, -0.15) is 9.78 Å². The molecule has 7 nitrogen and oxygen atoms in total. The molecule has 0 aliphatic heterocycles. The number of aromatic nitrogens is 3. The fraction of sp³-hybridized carbons (Fsp3) is 0.120. The van der Waals surface area contributed by atoms with Gasteiger partial charge in [0.1, 0.15) is 11.6 Å². The van der Waals surface area contributed by atoms with Gasteiger partial charge in [0.15, 0.2) is 0 Å². The van der Waals surface area contributed by atoms with Crippen LogP contribution in [-0.2, 0) is 6.54 Å². The smallest absolute Gasteiger partial charge is 0.344 e. The van der Waals surface area contributed by atoms with Gasteiger partial charge >= 0.3 is 5.69 Å². The number of carbonyl (C=O) groups is 1. The Kier molecular flexibility index (Phi) is 6.44. The van der Waals surface area contributed by atoms with E-state index < -0.39 is 47.1 Å². The van der Waals surface area contributed by atoms with Crippen molar-refractivity contribution in [3.63, 3.8) is 0 Å². The van der Waals surface area contributed by atoms with Gasteiger partial charge in [-0.3, -0.25) is 14.2 Å². The molecular weight excluding hydrogens is 442 g/mol. The number of halogens is 2. The molecule has 172 valence electrons. The third-order valence-electron chi connectivity index (χ3n) is 5.28. The molecular formula is C25H20F2N4O3. The lowest BCUT2D eigenvalue weighted by molar-refractivity contribution is 0.0930. The predicted molar refractivity (Wildman–Crippen MR) is 122 cm³/mol. The van der Waals surface area contributed by atoms with E-state index >= 15 is 0 Å². The van der Waals surface area contributed by atoms with Gasteiger partial charge in [0, 0.05) is 5.56 Å². The van der Waals surface area contributed by atoms with E-state index in [1.165, 1.54) is 30.3 Å². The molecule has 0 saturated carbocycles. The molecule has 1 amide bonds. The van der Waals surface area contributed by atoms with Crippen LogP contribution in [0.3, 0.4) is 0 Å². The number of rotatable bonds is 6. The zero-order valence-electron chi connectivity index (χ0n) is 18.1. The second-order valence-electron chi connectivity index (χ2n) is 7.61. The minimum absolute atomic E-state index is 0.0857. The molecule has 34 heavy (non-hydrogen) atoms. The van der Waals surface area contributed by atoms with E-state index in [4.69, 9.17) is 0 Å². The highest BCUT2D eigenvalue weighted by Gasteiger charge is 2.22. The molecule has 0 aliphatic carbocycles. The minimum atomic E-state index is -0.968. The summed E-state index contributed by atoms with van der Waals surface area (Å²) in [6, 6.07) is 19.1. The number of benzene rings is 3. The lowest BCUT2D eigenvalue weighted by Gasteiger charge is -2.16. The SMILES string of the molecule is CC(NC(=O)c1nn(-c2ccc(F)cc2)c(=O)n(Cc2ccccc2F)c1=O)c1ccccc1. The highest BCUT2D eigenvalue weighted by molar-refractivity contribution is 5.92. The first kappa shape index (κ1) is 22.8. The summed E-state index contributed by atoms with van der Waals surface area (Å²) < 4.78 is 29.2. The van der Waals surface area contributed by atoms with Crippen LogP contribution >= 0.6 is 0 Å². The third-order valence-corrected chi connectivity index (χ3v) is 5.28. The Morgan fingerprint density at radius 3 is 2.26 bits per heavy atom. The summed E-state index contributed by atoms with van der Waals surface area (Å²) in [5, 5.41) is 6.68. The number of carbonyl (C=O) groups excluding carboxylic acids is 1. The highest BCUT2D eigenvalue weighted by Crippen LogP contribution is 2.12. The number of hydrogen-bond donors (Lipinski definition) is 1. The standard InChI is InChI=1S/C25H20F2N4O3/c1-16(17-7-3-2-4-8-17)28-23(32)22-24(33)30(15-18-9-5-6-10-21(18)27)25(34)31(29-22)20-13-11-19(26)12-14-20/h2-14,16H,15H2,1H3,(H,28,32). The molecule has 1 unspecified atom stereocenters. The van der Waals surface area contributed by atoms with Gasteiger partial charge in [-0.1, -0.05) is 48.5 Å². The van der Waals surface area contributed by atoms with Crippen LogP contribution in [0, 0.1) is 11.6 Å². The van der Waals surface area contributed by atoms with Crippen LogP contribution in [-0.4, -0.2) is 20.3 Å². The van der Waals surface area contributed by atoms with Crippen molar-refractivity contribution in [1.29, 1.82) is 0 Å². The summed E-state index contributed by atoms with van der Waals surface area (Å²) in [6.07, 6.45) is 0. The first-order valence-corrected chi connectivity index (χ1v) is 10.4. The molecule has 9 heteroatoms. The first-order valence-electron chi connectivity index (χ1n) is 10.4. The van der Waals surface area contributed by atoms with Crippen molar-refractivity contribution in [2.45, 2.75) is 19.5 Å². The van der Waals surface area contributed by atoms with E-state index in [1.54, 1.807) is 13.0 Å². The van der Waals surface area contributed by atoms with Gasteiger partial charge in [-0.25, -0.2) is 13.6 Å². The molecule has 1 heterocycles. The Morgan fingerprint density at radius 2 is 1.59 bits per heavy atom. The average Bonchev–Trinajstić information content (AvgIpc) is 2.84. The second kappa shape index (κ2) is 9.62. The van der Waals surface area contributed by atoms with Crippen molar-refractivity contribution in [2.24, 2.45) is 0 Å². The molecule has 1 aromatic heterocycles. The molecule has 0 fully saturated rings. The maximum absolute atomic E-state index is 14.3. The highest BCUT2D eigenvalue weighted by atomic mass is 19.1.